The van der Waals surface area contributed by atoms with Gasteiger partial charge in [0.1, 0.15) is 5.69 Å². The van der Waals surface area contributed by atoms with Gasteiger partial charge in [0.15, 0.2) is 0 Å². The average molecular weight is 265 g/mol. The minimum atomic E-state index is -0.880. The third-order valence-electron chi connectivity index (χ3n) is 3.50. The molecule has 0 saturated carbocycles. The fourth-order valence-corrected chi connectivity index (χ4v) is 2.51. The van der Waals surface area contributed by atoms with Gasteiger partial charge in [-0.25, -0.2) is 4.79 Å². The smallest absolute Gasteiger partial charge is 0.352 e. The van der Waals surface area contributed by atoms with E-state index < -0.39 is 5.97 Å². The van der Waals surface area contributed by atoms with Crippen LogP contribution < -0.4 is 0 Å². The number of aromatic nitrogens is 1. The normalized spacial score (nSPS) is 10.8. The first kappa shape index (κ1) is 12.5. The second-order valence-corrected chi connectivity index (χ2v) is 4.78. The molecule has 3 nitrogen and oxygen atoms in total. The largest absolute Gasteiger partial charge is 0.477 e. The van der Waals surface area contributed by atoms with Crippen molar-refractivity contribution in [1.82, 2.24) is 4.57 Å². The fourth-order valence-electron chi connectivity index (χ4n) is 2.51. The van der Waals surface area contributed by atoms with Crippen molar-refractivity contribution in [1.29, 1.82) is 0 Å². The lowest BCUT2D eigenvalue weighted by molar-refractivity contribution is 0.0685. The molecule has 0 fully saturated rings. The molecule has 100 valence electrons. The predicted octanol–water partition coefficient (Wildman–Crippen LogP) is 3.58. The Bertz CT molecular complexity index is 744. The molecule has 0 unspecified atom stereocenters. The van der Waals surface area contributed by atoms with Gasteiger partial charge in [-0.3, -0.25) is 0 Å². The predicted molar refractivity (Wildman–Crippen MR) is 79.0 cm³/mol. The van der Waals surface area contributed by atoms with E-state index in [0.29, 0.717) is 12.2 Å². The van der Waals surface area contributed by atoms with E-state index in [9.17, 15) is 9.90 Å². The molecule has 0 aliphatic rings. The molecule has 0 spiro atoms. The van der Waals surface area contributed by atoms with Crippen molar-refractivity contribution >= 4 is 16.9 Å². The molecule has 0 bridgehead atoms. The van der Waals surface area contributed by atoms with Crippen LogP contribution in [0.5, 0.6) is 0 Å². The van der Waals surface area contributed by atoms with E-state index in [-0.39, 0.29) is 0 Å². The molecule has 0 saturated heterocycles. The number of fused-ring (bicyclic) bond motifs is 1. The van der Waals surface area contributed by atoms with Gasteiger partial charge >= 0.3 is 5.97 Å². The molecule has 1 N–H and O–H groups in total. The highest BCUT2D eigenvalue weighted by Gasteiger charge is 2.13. The van der Waals surface area contributed by atoms with Crippen molar-refractivity contribution in [2.75, 3.05) is 0 Å². The summed E-state index contributed by atoms with van der Waals surface area (Å²) >= 11 is 0. The number of benzene rings is 2. The van der Waals surface area contributed by atoms with Crippen molar-refractivity contribution in [3.05, 3.63) is 71.9 Å². The molecule has 20 heavy (non-hydrogen) atoms. The SMILES string of the molecule is O=C(O)c1cc2ccccc2n1CCc1ccccc1. The lowest BCUT2D eigenvalue weighted by atomic mass is 10.1. The quantitative estimate of drug-likeness (QED) is 0.783. The second-order valence-electron chi connectivity index (χ2n) is 4.78. The molecule has 1 aromatic heterocycles. The van der Waals surface area contributed by atoms with Gasteiger partial charge in [0, 0.05) is 17.4 Å². The van der Waals surface area contributed by atoms with Gasteiger partial charge in [0.2, 0.25) is 0 Å². The zero-order valence-corrected chi connectivity index (χ0v) is 11.0. The summed E-state index contributed by atoms with van der Waals surface area (Å²) in [6.07, 6.45) is 0.819. The van der Waals surface area contributed by atoms with Crippen molar-refractivity contribution in [2.45, 2.75) is 13.0 Å². The van der Waals surface area contributed by atoms with E-state index in [1.165, 1.54) is 5.56 Å². The zero-order valence-electron chi connectivity index (χ0n) is 11.0. The van der Waals surface area contributed by atoms with Crippen molar-refractivity contribution < 1.29 is 9.90 Å². The Balaban J connectivity index is 1.97. The number of rotatable bonds is 4. The lowest BCUT2D eigenvalue weighted by Crippen LogP contribution is -2.10. The monoisotopic (exact) mass is 265 g/mol. The van der Waals surface area contributed by atoms with Gasteiger partial charge in [-0.05, 0) is 24.1 Å². The van der Waals surface area contributed by atoms with Crippen molar-refractivity contribution in [3.63, 3.8) is 0 Å². The summed E-state index contributed by atoms with van der Waals surface area (Å²) in [4.78, 5) is 11.4. The summed E-state index contributed by atoms with van der Waals surface area (Å²) in [5.41, 5.74) is 2.53. The minimum absolute atomic E-state index is 0.349. The van der Waals surface area contributed by atoms with Gasteiger partial charge in [-0.15, -0.1) is 0 Å². The van der Waals surface area contributed by atoms with Crippen LogP contribution in [0, 0.1) is 0 Å². The number of aromatic carboxylic acids is 1. The molecule has 2 aromatic carbocycles. The number of para-hydroxylation sites is 1. The number of hydrogen-bond donors (Lipinski definition) is 1. The number of carboxylic acids is 1. The summed E-state index contributed by atoms with van der Waals surface area (Å²) in [6.45, 7) is 0.666. The van der Waals surface area contributed by atoms with Crippen LogP contribution in [0.25, 0.3) is 10.9 Å². The Morgan fingerprint density at radius 1 is 1.00 bits per heavy atom. The van der Waals surface area contributed by atoms with E-state index >= 15 is 0 Å². The highest BCUT2D eigenvalue weighted by atomic mass is 16.4. The summed E-state index contributed by atoms with van der Waals surface area (Å²) in [7, 11) is 0. The van der Waals surface area contributed by atoms with Crippen LogP contribution in [0.1, 0.15) is 16.1 Å². The summed E-state index contributed by atoms with van der Waals surface area (Å²) in [6, 6.07) is 19.6. The average Bonchev–Trinajstić information content (AvgIpc) is 2.85. The van der Waals surface area contributed by atoms with Crippen molar-refractivity contribution in [2.24, 2.45) is 0 Å². The van der Waals surface area contributed by atoms with E-state index in [1.807, 2.05) is 47.0 Å². The molecule has 0 aliphatic carbocycles. The number of hydrogen-bond acceptors (Lipinski definition) is 1. The van der Waals surface area contributed by atoms with E-state index in [4.69, 9.17) is 0 Å². The molecular weight excluding hydrogens is 250 g/mol. The summed E-state index contributed by atoms with van der Waals surface area (Å²) < 4.78 is 1.88. The number of carboxylic acid groups (broad SMARTS) is 1. The first-order valence-electron chi connectivity index (χ1n) is 6.61. The van der Waals surface area contributed by atoms with Gasteiger partial charge < -0.3 is 9.67 Å². The molecule has 0 amide bonds. The Labute approximate surface area is 117 Å². The highest BCUT2D eigenvalue weighted by Crippen LogP contribution is 2.20. The zero-order chi connectivity index (χ0) is 13.9. The standard InChI is InChI=1S/C17H15NO2/c19-17(20)16-12-14-8-4-5-9-15(14)18(16)11-10-13-6-2-1-3-7-13/h1-9,12H,10-11H2,(H,19,20). The Morgan fingerprint density at radius 2 is 1.70 bits per heavy atom. The topological polar surface area (TPSA) is 42.2 Å². The van der Waals surface area contributed by atoms with Crippen LogP contribution in [-0.4, -0.2) is 15.6 Å². The molecule has 3 rings (SSSR count). The Hall–Kier alpha value is -2.55. The van der Waals surface area contributed by atoms with E-state index in [2.05, 4.69) is 12.1 Å². The van der Waals surface area contributed by atoms with Crippen molar-refractivity contribution in [3.8, 4) is 0 Å². The van der Waals surface area contributed by atoms with Crippen LogP contribution in [0.4, 0.5) is 0 Å². The Kier molecular flexibility index (Phi) is 3.25. The molecule has 3 heteroatoms. The summed E-state index contributed by atoms with van der Waals surface area (Å²) in [5, 5.41) is 10.3. The molecule has 0 aliphatic heterocycles. The maximum atomic E-state index is 11.4. The molecular formula is C17H15NO2. The van der Waals surface area contributed by atoms with Crippen LogP contribution in [0.3, 0.4) is 0 Å². The van der Waals surface area contributed by atoms with E-state index in [1.54, 1.807) is 6.07 Å². The van der Waals surface area contributed by atoms with E-state index in [0.717, 1.165) is 17.3 Å². The number of carbonyl (C=O) groups is 1. The molecule has 0 atom stereocenters. The first-order valence-corrected chi connectivity index (χ1v) is 6.61. The Morgan fingerprint density at radius 3 is 2.45 bits per heavy atom. The maximum Gasteiger partial charge on any atom is 0.352 e. The van der Waals surface area contributed by atoms with Crippen LogP contribution >= 0.6 is 0 Å². The third kappa shape index (κ3) is 2.30. The molecule has 3 aromatic rings. The third-order valence-corrected chi connectivity index (χ3v) is 3.50. The first-order chi connectivity index (χ1) is 9.75. The molecule has 0 radical (unpaired) electrons. The lowest BCUT2D eigenvalue weighted by Gasteiger charge is -2.08. The maximum absolute atomic E-state index is 11.4. The highest BCUT2D eigenvalue weighted by molar-refractivity contribution is 5.94. The summed E-state index contributed by atoms with van der Waals surface area (Å²) in [5.74, 6) is -0.880. The van der Waals surface area contributed by atoms with Crippen LogP contribution in [0.2, 0.25) is 0 Å². The second kappa shape index (κ2) is 5.21. The fraction of sp³-hybridized carbons (Fsp3) is 0.118. The number of nitrogens with zero attached hydrogens (tertiary/aromatic N) is 1. The van der Waals surface area contributed by atoms with Crippen LogP contribution in [-0.2, 0) is 13.0 Å². The number of aryl methyl sites for hydroxylation is 2. The van der Waals surface area contributed by atoms with Gasteiger partial charge in [0.05, 0.1) is 0 Å². The van der Waals surface area contributed by atoms with Gasteiger partial charge in [-0.1, -0.05) is 48.5 Å². The van der Waals surface area contributed by atoms with Gasteiger partial charge in [-0.2, -0.15) is 0 Å². The minimum Gasteiger partial charge on any atom is -0.477 e. The van der Waals surface area contributed by atoms with Gasteiger partial charge in [0.25, 0.3) is 0 Å². The van der Waals surface area contributed by atoms with Crippen LogP contribution in [0.15, 0.2) is 60.7 Å². The molecule has 1 heterocycles.